The van der Waals surface area contributed by atoms with Crippen LogP contribution in [0.1, 0.15) is 30.0 Å². The molecule has 0 aliphatic carbocycles. The van der Waals surface area contributed by atoms with Gasteiger partial charge in [-0.25, -0.2) is 9.18 Å². The highest BCUT2D eigenvalue weighted by molar-refractivity contribution is 5.86. The summed E-state index contributed by atoms with van der Waals surface area (Å²) in [6.45, 7) is 7.31. The number of hydrogen-bond donors (Lipinski definition) is 1. The summed E-state index contributed by atoms with van der Waals surface area (Å²) in [7, 11) is 0. The number of benzene rings is 3. The lowest BCUT2D eigenvalue weighted by atomic mass is 9.95. The minimum absolute atomic E-state index is 0.0488. The molecule has 3 rings (SSSR count). The van der Waals surface area contributed by atoms with Crippen LogP contribution in [0.2, 0.25) is 0 Å². The second kappa shape index (κ2) is 10.2. The van der Waals surface area contributed by atoms with Crippen molar-refractivity contribution in [1.29, 1.82) is 0 Å². The molecule has 4 heteroatoms. The molecule has 0 fully saturated rings. The second-order valence-corrected chi connectivity index (χ2v) is 7.72. The van der Waals surface area contributed by atoms with E-state index in [0.717, 1.165) is 33.4 Å². The Morgan fingerprint density at radius 3 is 2.29 bits per heavy atom. The lowest BCUT2D eigenvalue weighted by molar-refractivity contribution is -0.139. The van der Waals surface area contributed by atoms with Gasteiger partial charge in [-0.05, 0) is 66.1 Å². The zero-order valence-electron chi connectivity index (χ0n) is 18.0. The molecule has 3 aromatic carbocycles. The molecule has 0 radical (unpaired) electrons. The number of aliphatic hydroxyl groups excluding tert-OH is 1. The summed E-state index contributed by atoms with van der Waals surface area (Å²) in [5, 5.41) is 9.67. The van der Waals surface area contributed by atoms with Crippen molar-refractivity contribution >= 4 is 5.97 Å². The molecular formula is C27H27FO3. The number of esters is 1. The predicted octanol–water partition coefficient (Wildman–Crippen LogP) is 6.01. The van der Waals surface area contributed by atoms with Crippen LogP contribution in [-0.2, 0) is 22.6 Å². The lowest BCUT2D eigenvalue weighted by Gasteiger charge is -2.12. The Balaban J connectivity index is 1.75. The van der Waals surface area contributed by atoms with E-state index in [1.165, 1.54) is 6.07 Å². The van der Waals surface area contributed by atoms with Crippen LogP contribution in [0.4, 0.5) is 4.39 Å². The van der Waals surface area contributed by atoms with Gasteiger partial charge in [0.05, 0.1) is 13.2 Å². The van der Waals surface area contributed by atoms with E-state index in [-0.39, 0.29) is 18.4 Å². The zero-order chi connectivity index (χ0) is 22.4. The van der Waals surface area contributed by atoms with E-state index in [1.807, 2.05) is 55.5 Å². The van der Waals surface area contributed by atoms with E-state index in [2.05, 4.69) is 6.58 Å². The highest BCUT2D eigenvalue weighted by atomic mass is 19.1. The third kappa shape index (κ3) is 5.68. The molecule has 0 aliphatic heterocycles. The van der Waals surface area contributed by atoms with Crippen LogP contribution in [0.5, 0.6) is 0 Å². The topological polar surface area (TPSA) is 46.5 Å². The highest BCUT2D eigenvalue weighted by Crippen LogP contribution is 2.28. The molecule has 0 aromatic heterocycles. The quantitative estimate of drug-likeness (QED) is 0.277. The maximum absolute atomic E-state index is 14.3. The van der Waals surface area contributed by atoms with Gasteiger partial charge in [-0.3, -0.25) is 0 Å². The number of carbonyl (C=O) groups excluding carboxylic acids is 1. The van der Waals surface area contributed by atoms with Gasteiger partial charge in [0.25, 0.3) is 0 Å². The summed E-state index contributed by atoms with van der Waals surface area (Å²) in [4.78, 5) is 11.5. The number of ether oxygens (including phenoxy) is 1. The first-order valence-electron chi connectivity index (χ1n) is 10.3. The monoisotopic (exact) mass is 418 g/mol. The Bertz CT molecular complexity index is 1080. The van der Waals surface area contributed by atoms with E-state index in [9.17, 15) is 14.3 Å². The molecule has 0 saturated heterocycles. The fourth-order valence-corrected chi connectivity index (χ4v) is 3.44. The van der Waals surface area contributed by atoms with Crippen molar-refractivity contribution in [3.63, 3.8) is 0 Å². The molecule has 0 saturated carbocycles. The van der Waals surface area contributed by atoms with Gasteiger partial charge < -0.3 is 9.84 Å². The molecule has 0 amide bonds. The Hall–Kier alpha value is -3.24. The van der Waals surface area contributed by atoms with Gasteiger partial charge in [0.15, 0.2) is 0 Å². The van der Waals surface area contributed by atoms with Gasteiger partial charge in [-0.2, -0.15) is 0 Å². The highest BCUT2D eigenvalue weighted by Gasteiger charge is 2.09. The van der Waals surface area contributed by atoms with Gasteiger partial charge in [0.1, 0.15) is 5.82 Å². The van der Waals surface area contributed by atoms with Gasteiger partial charge in [-0.15, -0.1) is 0 Å². The van der Waals surface area contributed by atoms with E-state index in [1.54, 1.807) is 13.0 Å². The van der Waals surface area contributed by atoms with Crippen LogP contribution in [0.3, 0.4) is 0 Å². The van der Waals surface area contributed by atoms with Crippen molar-refractivity contribution in [3.05, 3.63) is 95.3 Å². The van der Waals surface area contributed by atoms with Crippen molar-refractivity contribution in [1.82, 2.24) is 0 Å². The molecular weight excluding hydrogens is 391 g/mol. The molecule has 3 aromatic rings. The van der Waals surface area contributed by atoms with Gasteiger partial charge >= 0.3 is 5.97 Å². The third-order valence-corrected chi connectivity index (χ3v) is 5.20. The van der Waals surface area contributed by atoms with Crippen molar-refractivity contribution in [3.8, 4) is 22.3 Å². The fraction of sp³-hybridized carbons (Fsp3) is 0.222. The van der Waals surface area contributed by atoms with Crippen LogP contribution in [0.25, 0.3) is 22.3 Å². The first-order valence-corrected chi connectivity index (χ1v) is 10.3. The Kier molecular flexibility index (Phi) is 7.37. The first-order chi connectivity index (χ1) is 14.9. The van der Waals surface area contributed by atoms with Crippen LogP contribution < -0.4 is 0 Å². The molecule has 1 N–H and O–H groups in total. The summed E-state index contributed by atoms with van der Waals surface area (Å²) < 4.78 is 19.4. The largest absolute Gasteiger partial charge is 0.462 e. The molecule has 31 heavy (non-hydrogen) atoms. The van der Waals surface area contributed by atoms with Gasteiger partial charge in [-0.1, -0.05) is 61.2 Å². The fourth-order valence-electron chi connectivity index (χ4n) is 3.44. The lowest BCUT2D eigenvalue weighted by Crippen LogP contribution is -2.07. The van der Waals surface area contributed by atoms with Crippen molar-refractivity contribution in [2.45, 2.75) is 33.3 Å². The van der Waals surface area contributed by atoms with Gasteiger partial charge in [0.2, 0.25) is 0 Å². The summed E-state index contributed by atoms with van der Waals surface area (Å²) in [6, 6.07) is 19.0. The smallest absolute Gasteiger partial charge is 0.333 e. The minimum Gasteiger partial charge on any atom is -0.462 e. The van der Waals surface area contributed by atoms with Crippen LogP contribution in [0.15, 0.2) is 72.8 Å². The number of hydrogen-bond acceptors (Lipinski definition) is 3. The van der Waals surface area contributed by atoms with E-state index in [0.29, 0.717) is 30.6 Å². The van der Waals surface area contributed by atoms with Crippen LogP contribution in [-0.4, -0.2) is 17.7 Å². The third-order valence-electron chi connectivity index (χ3n) is 5.20. The molecule has 0 unspecified atom stereocenters. The number of aryl methyl sites for hydroxylation is 2. The number of carbonyl (C=O) groups is 1. The van der Waals surface area contributed by atoms with E-state index >= 15 is 0 Å². The molecule has 0 heterocycles. The standard InChI is InChI=1S/C27H27FO3/c1-18(2)27(30)31-14-4-5-22-16-23(11-12-24(22)17-29)20-7-9-21(10-8-20)25-13-6-19(3)15-26(25)28/h6-13,15-16,29H,1,4-5,14,17H2,2-3H3. The Labute approximate surface area is 182 Å². The van der Waals surface area contributed by atoms with Crippen molar-refractivity contribution in [2.24, 2.45) is 0 Å². The molecule has 0 bridgehead atoms. The van der Waals surface area contributed by atoms with E-state index in [4.69, 9.17) is 4.74 Å². The van der Waals surface area contributed by atoms with Gasteiger partial charge in [0, 0.05) is 11.1 Å². The number of rotatable bonds is 8. The first kappa shape index (κ1) is 22.4. The maximum atomic E-state index is 14.3. The Morgan fingerprint density at radius 2 is 1.65 bits per heavy atom. The molecule has 3 nitrogen and oxygen atoms in total. The van der Waals surface area contributed by atoms with Crippen LogP contribution in [0, 0.1) is 12.7 Å². The van der Waals surface area contributed by atoms with Crippen LogP contribution >= 0.6 is 0 Å². The minimum atomic E-state index is -0.388. The summed E-state index contributed by atoms with van der Waals surface area (Å²) in [5.41, 5.74) is 6.58. The van der Waals surface area contributed by atoms with E-state index < -0.39 is 0 Å². The zero-order valence-corrected chi connectivity index (χ0v) is 18.0. The SMILES string of the molecule is C=C(C)C(=O)OCCCc1cc(-c2ccc(-c3ccc(C)cc3F)cc2)ccc1CO. The summed E-state index contributed by atoms with van der Waals surface area (Å²) in [5.74, 6) is -0.615. The summed E-state index contributed by atoms with van der Waals surface area (Å²) >= 11 is 0. The maximum Gasteiger partial charge on any atom is 0.333 e. The molecule has 0 atom stereocenters. The number of halogens is 1. The molecule has 0 aliphatic rings. The Morgan fingerprint density at radius 1 is 0.968 bits per heavy atom. The van der Waals surface area contributed by atoms with Crippen molar-refractivity contribution < 1.29 is 19.0 Å². The van der Waals surface area contributed by atoms with Crippen molar-refractivity contribution in [2.75, 3.05) is 6.61 Å². The second-order valence-electron chi connectivity index (χ2n) is 7.72. The predicted molar refractivity (Wildman–Crippen MR) is 122 cm³/mol. The normalized spacial score (nSPS) is 10.7. The molecule has 0 spiro atoms. The summed E-state index contributed by atoms with van der Waals surface area (Å²) in [6.07, 6.45) is 1.33. The number of aliphatic hydroxyl groups is 1. The molecule has 160 valence electrons. The average Bonchev–Trinajstić information content (AvgIpc) is 2.76. The average molecular weight is 419 g/mol.